The van der Waals surface area contributed by atoms with Crippen LogP contribution >= 0.6 is 0 Å². The number of fused-ring (bicyclic) bond motifs is 1. The fraction of sp³-hybridized carbons (Fsp3) is 0.375. The van der Waals surface area contributed by atoms with Crippen LogP contribution in [0.15, 0.2) is 36.5 Å². The fourth-order valence-corrected chi connectivity index (χ4v) is 2.02. The quantitative estimate of drug-likeness (QED) is 0.896. The Morgan fingerprint density at radius 3 is 2.80 bits per heavy atom. The number of benzene rings is 1. The largest absolute Gasteiger partial charge is 0.350 e. The van der Waals surface area contributed by atoms with E-state index in [0.29, 0.717) is 13.1 Å². The van der Waals surface area contributed by atoms with Gasteiger partial charge in [0.15, 0.2) is 0 Å². The first kappa shape index (κ1) is 14.5. The maximum atomic E-state index is 11.7. The summed E-state index contributed by atoms with van der Waals surface area (Å²) in [5.41, 5.74) is 1.95. The minimum absolute atomic E-state index is 0.0138. The lowest BCUT2D eigenvalue weighted by atomic mass is 10.1. The van der Waals surface area contributed by atoms with Gasteiger partial charge in [-0.05, 0) is 44.5 Å². The van der Waals surface area contributed by atoms with E-state index in [1.165, 1.54) is 0 Å². The zero-order valence-electron chi connectivity index (χ0n) is 12.2. The number of carbonyl (C=O) groups excluding carboxylic acids is 1. The molecule has 0 aliphatic carbocycles. The monoisotopic (exact) mass is 271 g/mol. The minimum Gasteiger partial charge on any atom is -0.350 e. The molecule has 0 fully saturated rings. The molecule has 0 saturated carbocycles. The third-order valence-electron chi connectivity index (χ3n) is 2.80. The van der Waals surface area contributed by atoms with Crippen molar-refractivity contribution in [1.29, 1.82) is 0 Å². The Balaban J connectivity index is 1.88. The van der Waals surface area contributed by atoms with Gasteiger partial charge in [-0.2, -0.15) is 0 Å². The molecule has 0 bridgehead atoms. The van der Waals surface area contributed by atoms with E-state index in [2.05, 4.69) is 21.7 Å². The van der Waals surface area contributed by atoms with Crippen molar-refractivity contribution in [3.05, 3.63) is 42.1 Å². The molecule has 0 atom stereocenters. The number of amides is 1. The maximum absolute atomic E-state index is 11.7. The van der Waals surface area contributed by atoms with Gasteiger partial charge in [-0.1, -0.05) is 12.1 Å². The summed E-state index contributed by atoms with van der Waals surface area (Å²) in [6, 6.07) is 10.1. The maximum Gasteiger partial charge on any atom is 0.234 e. The SMILES string of the molecule is CC(C)(C)NC(=O)CNCc1ccc2ncccc2c1. The molecule has 0 spiro atoms. The molecule has 0 aliphatic heterocycles. The first-order valence-electron chi connectivity index (χ1n) is 6.79. The summed E-state index contributed by atoms with van der Waals surface area (Å²) in [7, 11) is 0. The molecule has 4 heteroatoms. The van der Waals surface area contributed by atoms with Gasteiger partial charge in [0.1, 0.15) is 0 Å². The molecule has 1 amide bonds. The zero-order valence-corrected chi connectivity index (χ0v) is 12.2. The van der Waals surface area contributed by atoms with Gasteiger partial charge in [-0.15, -0.1) is 0 Å². The van der Waals surface area contributed by atoms with Crippen LogP contribution in [0.3, 0.4) is 0 Å². The van der Waals surface area contributed by atoms with Crippen molar-refractivity contribution in [3.8, 4) is 0 Å². The highest BCUT2D eigenvalue weighted by Gasteiger charge is 2.12. The molecule has 0 aliphatic rings. The van der Waals surface area contributed by atoms with Crippen LogP contribution in [0.2, 0.25) is 0 Å². The molecular formula is C16H21N3O. The fourth-order valence-electron chi connectivity index (χ4n) is 2.02. The smallest absolute Gasteiger partial charge is 0.234 e. The molecule has 20 heavy (non-hydrogen) atoms. The van der Waals surface area contributed by atoms with E-state index < -0.39 is 0 Å². The minimum atomic E-state index is -0.187. The van der Waals surface area contributed by atoms with E-state index >= 15 is 0 Å². The van der Waals surface area contributed by atoms with Gasteiger partial charge in [0, 0.05) is 23.7 Å². The van der Waals surface area contributed by atoms with Crippen LogP contribution in [0.5, 0.6) is 0 Å². The molecular weight excluding hydrogens is 250 g/mol. The van der Waals surface area contributed by atoms with Gasteiger partial charge < -0.3 is 10.6 Å². The Hall–Kier alpha value is -1.94. The van der Waals surface area contributed by atoms with E-state index in [-0.39, 0.29) is 11.4 Å². The van der Waals surface area contributed by atoms with Crippen LogP contribution in [0.4, 0.5) is 0 Å². The number of carbonyl (C=O) groups is 1. The highest BCUT2D eigenvalue weighted by atomic mass is 16.2. The topological polar surface area (TPSA) is 54.0 Å². The highest BCUT2D eigenvalue weighted by molar-refractivity contribution is 5.79. The Bertz CT molecular complexity index is 602. The Kier molecular flexibility index (Phi) is 4.35. The Labute approximate surface area is 119 Å². The Morgan fingerprint density at radius 1 is 1.25 bits per heavy atom. The number of hydrogen-bond acceptors (Lipinski definition) is 3. The summed E-state index contributed by atoms with van der Waals surface area (Å²) in [5, 5.41) is 7.20. The van der Waals surface area contributed by atoms with Crippen LogP contribution < -0.4 is 10.6 Å². The predicted molar refractivity (Wildman–Crippen MR) is 81.3 cm³/mol. The molecule has 1 heterocycles. The van der Waals surface area contributed by atoms with Gasteiger partial charge in [-0.3, -0.25) is 9.78 Å². The Morgan fingerprint density at radius 2 is 2.05 bits per heavy atom. The first-order chi connectivity index (χ1) is 9.44. The van der Waals surface area contributed by atoms with Gasteiger partial charge in [0.25, 0.3) is 0 Å². The van der Waals surface area contributed by atoms with Crippen molar-refractivity contribution in [2.24, 2.45) is 0 Å². The van der Waals surface area contributed by atoms with E-state index in [0.717, 1.165) is 16.5 Å². The van der Waals surface area contributed by atoms with Crippen molar-refractivity contribution in [3.63, 3.8) is 0 Å². The van der Waals surface area contributed by atoms with Crippen LogP contribution in [0.1, 0.15) is 26.3 Å². The second kappa shape index (κ2) is 6.01. The van der Waals surface area contributed by atoms with Crippen molar-refractivity contribution in [2.75, 3.05) is 6.54 Å². The second-order valence-electron chi connectivity index (χ2n) is 5.93. The van der Waals surface area contributed by atoms with E-state index in [1.807, 2.05) is 45.0 Å². The van der Waals surface area contributed by atoms with Crippen molar-refractivity contribution >= 4 is 16.8 Å². The molecule has 1 aromatic heterocycles. The lowest BCUT2D eigenvalue weighted by molar-refractivity contribution is -0.121. The van der Waals surface area contributed by atoms with Crippen molar-refractivity contribution in [2.45, 2.75) is 32.9 Å². The second-order valence-corrected chi connectivity index (χ2v) is 5.93. The van der Waals surface area contributed by atoms with Crippen LogP contribution in [-0.2, 0) is 11.3 Å². The van der Waals surface area contributed by atoms with E-state index in [1.54, 1.807) is 6.20 Å². The summed E-state index contributed by atoms with van der Waals surface area (Å²) in [6.45, 7) is 6.91. The molecule has 2 N–H and O–H groups in total. The van der Waals surface area contributed by atoms with Gasteiger partial charge >= 0.3 is 0 Å². The van der Waals surface area contributed by atoms with Crippen LogP contribution in [0, 0.1) is 0 Å². The molecule has 0 saturated heterocycles. The molecule has 1 aromatic carbocycles. The summed E-state index contributed by atoms with van der Waals surface area (Å²) in [4.78, 5) is 16.0. The van der Waals surface area contributed by atoms with Crippen molar-refractivity contribution < 1.29 is 4.79 Å². The van der Waals surface area contributed by atoms with Gasteiger partial charge in [0.2, 0.25) is 5.91 Å². The van der Waals surface area contributed by atoms with E-state index in [4.69, 9.17) is 0 Å². The highest BCUT2D eigenvalue weighted by Crippen LogP contribution is 2.12. The summed E-state index contributed by atoms with van der Waals surface area (Å²) >= 11 is 0. The van der Waals surface area contributed by atoms with Crippen LogP contribution in [-0.4, -0.2) is 23.0 Å². The molecule has 4 nitrogen and oxygen atoms in total. The van der Waals surface area contributed by atoms with E-state index in [9.17, 15) is 4.79 Å². The third kappa shape index (κ3) is 4.31. The third-order valence-corrected chi connectivity index (χ3v) is 2.80. The number of pyridine rings is 1. The molecule has 2 rings (SSSR count). The molecule has 0 unspecified atom stereocenters. The predicted octanol–water partition coefficient (Wildman–Crippen LogP) is 2.24. The van der Waals surface area contributed by atoms with Gasteiger partial charge in [0.05, 0.1) is 12.1 Å². The average Bonchev–Trinajstić information content (AvgIpc) is 2.36. The summed E-state index contributed by atoms with van der Waals surface area (Å²) < 4.78 is 0. The molecule has 0 radical (unpaired) electrons. The average molecular weight is 271 g/mol. The van der Waals surface area contributed by atoms with Crippen LogP contribution in [0.25, 0.3) is 10.9 Å². The number of hydrogen-bond donors (Lipinski definition) is 2. The summed E-state index contributed by atoms with van der Waals surface area (Å²) in [6.07, 6.45) is 1.79. The number of aromatic nitrogens is 1. The number of nitrogens with zero attached hydrogens (tertiary/aromatic N) is 1. The lowest BCUT2D eigenvalue weighted by Gasteiger charge is -2.20. The first-order valence-corrected chi connectivity index (χ1v) is 6.79. The number of nitrogens with one attached hydrogen (secondary N) is 2. The lowest BCUT2D eigenvalue weighted by Crippen LogP contribution is -2.44. The standard InChI is InChI=1S/C16H21N3O/c1-16(2,3)19-15(20)11-17-10-12-6-7-14-13(9-12)5-4-8-18-14/h4-9,17H,10-11H2,1-3H3,(H,19,20). The van der Waals surface area contributed by atoms with Gasteiger partial charge in [-0.25, -0.2) is 0 Å². The van der Waals surface area contributed by atoms with Crippen molar-refractivity contribution in [1.82, 2.24) is 15.6 Å². The number of rotatable bonds is 4. The molecule has 2 aromatic rings. The molecule has 106 valence electrons. The zero-order chi connectivity index (χ0) is 14.6. The normalized spacial score (nSPS) is 11.6. The summed E-state index contributed by atoms with van der Waals surface area (Å²) in [5.74, 6) is 0.0138.